The van der Waals surface area contributed by atoms with E-state index in [-0.39, 0.29) is 16.4 Å². The first-order valence-corrected chi connectivity index (χ1v) is 10.7. The number of hydrogen-bond donors (Lipinski definition) is 1. The number of aryl methyl sites for hydroxylation is 1. The quantitative estimate of drug-likeness (QED) is 0.691. The molecule has 1 aliphatic rings. The van der Waals surface area contributed by atoms with E-state index in [1.54, 1.807) is 6.07 Å². The molecule has 0 aliphatic carbocycles. The second kappa shape index (κ2) is 8.80. The highest BCUT2D eigenvalue weighted by Gasteiger charge is 2.22. The largest absolute Gasteiger partial charge is 0.352 e. The number of nitrogens with one attached hydrogen (secondary N) is 1. The molecular weight excluding hydrogens is 382 g/mol. The number of sulfonamides is 1. The van der Waals surface area contributed by atoms with Gasteiger partial charge in [-0.05, 0) is 31.0 Å². The van der Waals surface area contributed by atoms with Gasteiger partial charge in [0.05, 0.1) is 12.0 Å². The third-order valence-electron chi connectivity index (χ3n) is 4.81. The van der Waals surface area contributed by atoms with Crippen molar-refractivity contribution in [1.29, 1.82) is 0 Å². The van der Waals surface area contributed by atoms with Crippen LogP contribution in [0.3, 0.4) is 0 Å². The Morgan fingerprint density at radius 3 is 2.89 bits per heavy atom. The maximum Gasteiger partial charge on any atom is 0.264 e. The van der Waals surface area contributed by atoms with Crippen molar-refractivity contribution in [3.05, 3.63) is 41.5 Å². The highest BCUT2D eigenvalue weighted by molar-refractivity contribution is 7.89. The van der Waals surface area contributed by atoms with Crippen LogP contribution >= 0.6 is 0 Å². The van der Waals surface area contributed by atoms with Gasteiger partial charge in [0, 0.05) is 38.5 Å². The lowest BCUT2D eigenvalue weighted by Crippen LogP contribution is -2.28. The predicted octanol–water partition coefficient (Wildman–Crippen LogP) is 1.16. The molecule has 1 amide bonds. The summed E-state index contributed by atoms with van der Waals surface area (Å²) in [6, 6.07) is 5.87. The van der Waals surface area contributed by atoms with E-state index in [0.29, 0.717) is 13.0 Å². The maximum absolute atomic E-state index is 12.4. The van der Waals surface area contributed by atoms with Crippen LogP contribution in [0.15, 0.2) is 29.2 Å². The summed E-state index contributed by atoms with van der Waals surface area (Å²) in [5.41, 5.74) is 0.269. The van der Waals surface area contributed by atoms with Crippen molar-refractivity contribution < 1.29 is 18.0 Å². The Hall–Kier alpha value is -2.30. The molecule has 9 nitrogen and oxygen atoms in total. The lowest BCUT2D eigenvalue weighted by atomic mass is 10.2. The summed E-state index contributed by atoms with van der Waals surface area (Å²) in [5, 5.41) is 11.3. The van der Waals surface area contributed by atoms with Gasteiger partial charge in [0.25, 0.3) is 15.9 Å². The molecule has 1 N–H and O–H groups in total. The summed E-state index contributed by atoms with van der Waals surface area (Å²) in [6.07, 6.45) is 4.95. The molecule has 152 valence electrons. The Morgan fingerprint density at radius 1 is 1.29 bits per heavy atom. The van der Waals surface area contributed by atoms with E-state index in [4.69, 9.17) is 4.84 Å². The minimum Gasteiger partial charge on any atom is -0.352 e. The number of carbonyl (C=O) groups is 1. The van der Waals surface area contributed by atoms with Crippen LogP contribution < -0.4 is 5.32 Å². The lowest BCUT2D eigenvalue weighted by molar-refractivity contribution is -0.0258. The Morgan fingerprint density at radius 2 is 2.11 bits per heavy atom. The minimum absolute atomic E-state index is 0.00715. The molecule has 0 bridgehead atoms. The molecule has 10 heteroatoms. The first kappa shape index (κ1) is 20.4. The number of fused-ring (bicyclic) bond motifs is 1. The van der Waals surface area contributed by atoms with Crippen molar-refractivity contribution in [2.24, 2.45) is 0 Å². The summed E-state index contributed by atoms with van der Waals surface area (Å²) in [4.78, 5) is 17.2. The van der Waals surface area contributed by atoms with Gasteiger partial charge in [-0.15, -0.1) is 10.2 Å². The molecule has 0 spiro atoms. The molecule has 3 rings (SSSR count). The van der Waals surface area contributed by atoms with Gasteiger partial charge in [-0.2, -0.15) is 0 Å². The summed E-state index contributed by atoms with van der Waals surface area (Å²) < 4.78 is 27.5. The molecule has 1 aromatic carbocycles. The fourth-order valence-electron chi connectivity index (χ4n) is 3.16. The molecule has 1 aromatic heterocycles. The molecular formula is C18H25N5O4S. The van der Waals surface area contributed by atoms with Gasteiger partial charge in [0.15, 0.2) is 0 Å². The zero-order chi connectivity index (χ0) is 20.1. The third kappa shape index (κ3) is 4.40. The topological polar surface area (TPSA) is 106 Å². The van der Waals surface area contributed by atoms with Gasteiger partial charge >= 0.3 is 0 Å². The fourth-order valence-corrected chi connectivity index (χ4v) is 4.18. The van der Waals surface area contributed by atoms with Crippen LogP contribution in [0.25, 0.3) is 0 Å². The Balaban J connectivity index is 1.63. The Kier molecular flexibility index (Phi) is 6.42. The van der Waals surface area contributed by atoms with E-state index in [0.717, 1.165) is 41.9 Å². The van der Waals surface area contributed by atoms with Gasteiger partial charge in [0.2, 0.25) is 0 Å². The van der Waals surface area contributed by atoms with Gasteiger partial charge < -0.3 is 9.88 Å². The van der Waals surface area contributed by atoms with Gasteiger partial charge in [-0.1, -0.05) is 17.0 Å². The number of amides is 1. The van der Waals surface area contributed by atoms with Crippen molar-refractivity contribution in [1.82, 2.24) is 24.5 Å². The van der Waals surface area contributed by atoms with Gasteiger partial charge in [-0.25, -0.2) is 8.42 Å². The van der Waals surface area contributed by atoms with Gasteiger partial charge in [-0.3, -0.25) is 9.63 Å². The summed E-state index contributed by atoms with van der Waals surface area (Å²) in [5.74, 6) is 1.54. The van der Waals surface area contributed by atoms with Crippen molar-refractivity contribution in [3.8, 4) is 0 Å². The number of carbonyl (C=O) groups excluding carboxylic acids is 1. The van der Waals surface area contributed by atoms with Crippen LogP contribution in [-0.2, 0) is 34.2 Å². The van der Waals surface area contributed by atoms with E-state index in [9.17, 15) is 13.2 Å². The van der Waals surface area contributed by atoms with Crippen molar-refractivity contribution in [3.63, 3.8) is 0 Å². The zero-order valence-corrected chi connectivity index (χ0v) is 16.9. The van der Waals surface area contributed by atoms with Crippen LogP contribution in [0.5, 0.6) is 0 Å². The number of benzene rings is 1. The molecule has 0 saturated heterocycles. The molecule has 2 heterocycles. The summed E-state index contributed by atoms with van der Waals surface area (Å²) >= 11 is 0. The molecule has 2 aromatic rings. The number of aromatic nitrogens is 3. The van der Waals surface area contributed by atoms with Crippen molar-refractivity contribution in [2.75, 3.05) is 20.7 Å². The molecule has 0 atom stereocenters. The van der Waals surface area contributed by atoms with Crippen LogP contribution in [-0.4, -0.2) is 54.3 Å². The zero-order valence-electron chi connectivity index (χ0n) is 16.1. The molecule has 0 fully saturated rings. The fraction of sp³-hybridized carbons (Fsp3) is 0.500. The first-order valence-electron chi connectivity index (χ1n) is 9.25. The molecule has 1 aliphatic heterocycles. The van der Waals surface area contributed by atoms with Crippen LogP contribution in [0.2, 0.25) is 0 Å². The van der Waals surface area contributed by atoms with Crippen molar-refractivity contribution in [2.45, 2.75) is 43.5 Å². The molecule has 0 unspecified atom stereocenters. The van der Waals surface area contributed by atoms with E-state index in [2.05, 4.69) is 20.1 Å². The Bertz CT molecular complexity index is 941. The molecule has 0 radical (unpaired) electrons. The lowest BCUT2D eigenvalue weighted by Gasteiger charge is -2.14. The van der Waals surface area contributed by atoms with E-state index in [1.165, 1.54) is 38.8 Å². The van der Waals surface area contributed by atoms with Crippen LogP contribution in [0, 0.1) is 0 Å². The van der Waals surface area contributed by atoms with Crippen LogP contribution in [0.1, 0.15) is 41.3 Å². The molecule has 28 heavy (non-hydrogen) atoms. The standard InChI is InChI=1S/C18H25N5O4S/c1-22(27-2)28(25,26)15-8-6-7-14(13-15)18(24)19-11-10-17-21-20-16-9-4-3-5-12-23(16)17/h6-8,13H,3-5,9-12H2,1-2H3,(H,19,24). The van der Waals surface area contributed by atoms with E-state index >= 15 is 0 Å². The van der Waals surface area contributed by atoms with Crippen molar-refractivity contribution >= 4 is 15.9 Å². The Labute approximate surface area is 164 Å². The smallest absolute Gasteiger partial charge is 0.264 e. The third-order valence-corrected chi connectivity index (χ3v) is 6.49. The predicted molar refractivity (Wildman–Crippen MR) is 102 cm³/mol. The number of nitrogens with zero attached hydrogens (tertiary/aromatic N) is 4. The summed E-state index contributed by atoms with van der Waals surface area (Å²) in [7, 11) is -1.25. The van der Waals surface area contributed by atoms with Gasteiger partial charge in [0.1, 0.15) is 11.6 Å². The maximum atomic E-state index is 12.4. The second-order valence-electron chi connectivity index (χ2n) is 6.63. The SMILES string of the molecule is CON(C)S(=O)(=O)c1cccc(C(=O)NCCc2nnc3n2CCCCC3)c1. The number of hydrogen-bond acceptors (Lipinski definition) is 6. The van der Waals surface area contributed by atoms with E-state index in [1.807, 2.05) is 0 Å². The second-order valence-corrected chi connectivity index (χ2v) is 8.56. The van der Waals surface area contributed by atoms with E-state index < -0.39 is 10.0 Å². The normalized spacial score (nSPS) is 14.5. The number of hydroxylamine groups is 1. The van der Waals surface area contributed by atoms with Crippen LogP contribution in [0.4, 0.5) is 0 Å². The highest BCUT2D eigenvalue weighted by atomic mass is 32.2. The monoisotopic (exact) mass is 407 g/mol. The first-order chi connectivity index (χ1) is 13.4. The molecule has 0 saturated carbocycles. The minimum atomic E-state index is -3.81. The highest BCUT2D eigenvalue weighted by Crippen LogP contribution is 2.16. The average Bonchev–Trinajstić information content (AvgIpc) is 2.93. The average molecular weight is 407 g/mol. The summed E-state index contributed by atoms with van der Waals surface area (Å²) in [6.45, 7) is 1.31. The number of rotatable bonds is 7.